The lowest BCUT2D eigenvalue weighted by Crippen LogP contribution is -2.16. The molecule has 1 aliphatic rings. The summed E-state index contributed by atoms with van der Waals surface area (Å²) in [7, 11) is 0. The van der Waals surface area contributed by atoms with Crippen LogP contribution in [0.1, 0.15) is 25.0 Å². The number of para-hydroxylation sites is 3. The molecule has 0 amide bonds. The van der Waals surface area contributed by atoms with E-state index in [1.54, 1.807) is 0 Å². The predicted octanol–water partition coefficient (Wildman–Crippen LogP) is 13.3. The van der Waals surface area contributed by atoms with E-state index in [1.807, 2.05) is 6.07 Å². The van der Waals surface area contributed by atoms with Crippen LogP contribution >= 0.6 is 0 Å². The highest BCUT2D eigenvalue weighted by atomic mass is 16.3. The summed E-state index contributed by atoms with van der Waals surface area (Å²) in [6, 6.07) is 59.3. The molecule has 8 aromatic carbocycles. The Morgan fingerprint density at radius 1 is 0.469 bits per heavy atom. The second-order valence-electron chi connectivity index (χ2n) is 13.7. The van der Waals surface area contributed by atoms with E-state index in [1.165, 1.54) is 49.4 Å². The van der Waals surface area contributed by atoms with Crippen LogP contribution in [0, 0.1) is 0 Å². The van der Waals surface area contributed by atoms with Gasteiger partial charge < -0.3 is 9.32 Å². The van der Waals surface area contributed by atoms with Crippen LogP contribution in [0.3, 0.4) is 0 Å². The van der Waals surface area contributed by atoms with Crippen LogP contribution in [0.25, 0.3) is 65.7 Å². The number of hydrogen-bond acceptors (Lipinski definition) is 2. The second kappa shape index (κ2) is 10.4. The number of fused-ring (bicyclic) bond motifs is 9. The molecule has 9 aromatic rings. The number of furan rings is 1. The van der Waals surface area contributed by atoms with E-state index in [4.69, 9.17) is 4.42 Å². The minimum atomic E-state index is -0.130. The zero-order valence-electron chi connectivity index (χ0n) is 27.4. The van der Waals surface area contributed by atoms with Crippen molar-refractivity contribution >= 4 is 60.5 Å². The molecule has 0 saturated heterocycles. The molecule has 0 aliphatic heterocycles. The van der Waals surface area contributed by atoms with Crippen molar-refractivity contribution in [2.75, 3.05) is 4.90 Å². The van der Waals surface area contributed by atoms with Crippen molar-refractivity contribution < 1.29 is 4.42 Å². The van der Waals surface area contributed by atoms with Crippen molar-refractivity contribution in [1.82, 2.24) is 0 Å². The fraction of sp³-hybridized carbons (Fsp3) is 0.0638. The first-order chi connectivity index (χ1) is 24.1. The lowest BCUT2D eigenvalue weighted by Gasteiger charge is -2.29. The molecule has 2 nitrogen and oxygen atoms in total. The Labute approximate surface area is 285 Å². The summed E-state index contributed by atoms with van der Waals surface area (Å²) in [5.74, 6) is 0. The van der Waals surface area contributed by atoms with Crippen LogP contribution < -0.4 is 4.90 Å². The van der Waals surface area contributed by atoms with Gasteiger partial charge in [0.15, 0.2) is 5.58 Å². The third-order valence-electron chi connectivity index (χ3n) is 10.6. The van der Waals surface area contributed by atoms with Gasteiger partial charge in [0.25, 0.3) is 0 Å². The van der Waals surface area contributed by atoms with E-state index in [9.17, 15) is 0 Å². The van der Waals surface area contributed by atoms with Crippen molar-refractivity contribution in [3.05, 3.63) is 175 Å². The van der Waals surface area contributed by atoms with Crippen molar-refractivity contribution in [2.45, 2.75) is 19.3 Å². The zero-order chi connectivity index (χ0) is 32.7. The molecule has 0 radical (unpaired) electrons. The molecule has 0 bridgehead atoms. The summed E-state index contributed by atoms with van der Waals surface area (Å²) in [4.78, 5) is 2.38. The van der Waals surface area contributed by atoms with Crippen LogP contribution in [0.2, 0.25) is 0 Å². The van der Waals surface area contributed by atoms with Gasteiger partial charge in [-0.3, -0.25) is 0 Å². The van der Waals surface area contributed by atoms with E-state index in [2.05, 4.69) is 176 Å². The Bertz CT molecular complexity index is 2750. The van der Waals surface area contributed by atoms with Gasteiger partial charge in [0, 0.05) is 27.4 Å². The molecule has 1 heterocycles. The molecule has 0 saturated carbocycles. The largest absolute Gasteiger partial charge is 0.454 e. The number of hydrogen-bond donors (Lipinski definition) is 0. The summed E-state index contributed by atoms with van der Waals surface area (Å²) in [6.45, 7) is 4.76. The summed E-state index contributed by atoms with van der Waals surface area (Å²) >= 11 is 0. The van der Waals surface area contributed by atoms with Crippen molar-refractivity contribution in [1.29, 1.82) is 0 Å². The standard InChI is InChI=1S/C47H33NO/c1-47(2)41-29-32-16-7-6-15-31(32)28-40(41)38-25-23-33-27-34(24-26-36(33)45(38)47)48(42-20-10-8-17-35(42)30-13-4-3-5-14-30)43-21-12-19-39-37-18-9-11-22-44(37)49-46(39)43/h3-29H,1-2H3. The summed E-state index contributed by atoms with van der Waals surface area (Å²) < 4.78 is 6.66. The van der Waals surface area contributed by atoms with E-state index in [0.717, 1.165) is 44.6 Å². The monoisotopic (exact) mass is 627 g/mol. The first kappa shape index (κ1) is 27.9. The Morgan fingerprint density at radius 2 is 1.18 bits per heavy atom. The zero-order valence-corrected chi connectivity index (χ0v) is 27.4. The number of benzene rings is 8. The van der Waals surface area contributed by atoms with Crippen LogP contribution in [-0.2, 0) is 5.41 Å². The van der Waals surface area contributed by atoms with Gasteiger partial charge in [0.1, 0.15) is 5.58 Å². The topological polar surface area (TPSA) is 16.4 Å². The smallest absolute Gasteiger partial charge is 0.159 e. The van der Waals surface area contributed by atoms with Gasteiger partial charge in [-0.2, -0.15) is 0 Å². The van der Waals surface area contributed by atoms with E-state index < -0.39 is 0 Å². The maximum atomic E-state index is 6.66. The van der Waals surface area contributed by atoms with E-state index >= 15 is 0 Å². The molecule has 49 heavy (non-hydrogen) atoms. The summed E-state index contributed by atoms with van der Waals surface area (Å²) in [6.07, 6.45) is 0. The van der Waals surface area contributed by atoms with E-state index in [0.29, 0.717) is 0 Å². The molecule has 2 heteroatoms. The maximum Gasteiger partial charge on any atom is 0.159 e. The molecule has 0 fully saturated rings. The highest BCUT2D eigenvalue weighted by molar-refractivity contribution is 6.11. The maximum absolute atomic E-state index is 6.66. The average Bonchev–Trinajstić information content (AvgIpc) is 3.64. The molecule has 0 spiro atoms. The SMILES string of the molecule is CC1(C)c2cc3ccccc3cc2-c2ccc3cc(N(c4ccccc4-c4ccccc4)c4cccc5c4oc4ccccc45)ccc3c21. The summed E-state index contributed by atoms with van der Waals surface area (Å²) in [5, 5.41) is 7.33. The van der Waals surface area contributed by atoms with E-state index in [-0.39, 0.29) is 5.41 Å². The van der Waals surface area contributed by atoms with Gasteiger partial charge in [0.05, 0.1) is 11.4 Å². The molecule has 0 N–H and O–H groups in total. The molecule has 1 aliphatic carbocycles. The van der Waals surface area contributed by atoms with Gasteiger partial charge in [-0.15, -0.1) is 0 Å². The number of anilines is 3. The lowest BCUT2D eigenvalue weighted by molar-refractivity contribution is 0.667. The van der Waals surface area contributed by atoms with Crippen LogP contribution in [0.5, 0.6) is 0 Å². The quantitative estimate of drug-likeness (QED) is 0.193. The minimum absolute atomic E-state index is 0.130. The van der Waals surface area contributed by atoms with Gasteiger partial charge in [-0.25, -0.2) is 0 Å². The minimum Gasteiger partial charge on any atom is -0.454 e. The van der Waals surface area contributed by atoms with Gasteiger partial charge in [-0.1, -0.05) is 135 Å². The first-order valence-corrected chi connectivity index (χ1v) is 17.0. The number of nitrogens with zero attached hydrogens (tertiary/aromatic N) is 1. The fourth-order valence-corrected chi connectivity index (χ4v) is 8.32. The van der Waals surface area contributed by atoms with Crippen LogP contribution in [0.4, 0.5) is 17.1 Å². The Hall–Kier alpha value is -6.12. The Morgan fingerprint density at radius 3 is 2.06 bits per heavy atom. The van der Waals surface area contributed by atoms with Crippen molar-refractivity contribution in [3.8, 4) is 22.3 Å². The lowest BCUT2D eigenvalue weighted by atomic mass is 9.80. The third-order valence-corrected chi connectivity index (χ3v) is 10.6. The van der Waals surface area contributed by atoms with Crippen LogP contribution in [-0.4, -0.2) is 0 Å². The Balaban J connectivity index is 1.22. The van der Waals surface area contributed by atoms with Crippen molar-refractivity contribution in [3.63, 3.8) is 0 Å². The molecule has 1 aromatic heterocycles. The van der Waals surface area contributed by atoms with Gasteiger partial charge in [-0.05, 0) is 91.8 Å². The van der Waals surface area contributed by atoms with Crippen LogP contribution in [0.15, 0.2) is 168 Å². The molecule has 10 rings (SSSR count). The van der Waals surface area contributed by atoms with Crippen molar-refractivity contribution in [2.24, 2.45) is 0 Å². The Kier molecular flexibility index (Phi) is 5.95. The predicted molar refractivity (Wildman–Crippen MR) is 206 cm³/mol. The molecular weight excluding hydrogens is 595 g/mol. The van der Waals surface area contributed by atoms with Gasteiger partial charge in [0.2, 0.25) is 0 Å². The molecule has 0 atom stereocenters. The molecule has 0 unspecified atom stereocenters. The highest BCUT2D eigenvalue weighted by Gasteiger charge is 2.37. The third kappa shape index (κ3) is 4.14. The fourth-order valence-electron chi connectivity index (χ4n) is 8.32. The van der Waals surface area contributed by atoms with Gasteiger partial charge >= 0.3 is 0 Å². The highest BCUT2D eigenvalue weighted by Crippen LogP contribution is 2.53. The second-order valence-corrected chi connectivity index (χ2v) is 13.7. The molecular formula is C47H33NO. The normalized spacial score (nSPS) is 13.3. The first-order valence-electron chi connectivity index (χ1n) is 17.0. The average molecular weight is 628 g/mol. The number of rotatable bonds is 4. The summed E-state index contributed by atoms with van der Waals surface area (Å²) in [5.41, 5.74) is 12.7. The molecule has 232 valence electrons.